The van der Waals surface area contributed by atoms with Gasteiger partial charge in [0.1, 0.15) is 0 Å². The van der Waals surface area contributed by atoms with Gasteiger partial charge in [0.25, 0.3) is 0 Å². The highest BCUT2D eigenvalue weighted by atomic mass is 32.2. The molecule has 5 nitrogen and oxygen atoms in total. The minimum absolute atomic E-state index is 0.0644. The SMILES string of the molecule is Cc1ccc(-c2nnc(SCC(=O)Nc3c(C)cc(C)cc3C)n2-c2ccc(C)cc2)cc1. The van der Waals surface area contributed by atoms with Gasteiger partial charge in [0.15, 0.2) is 11.0 Å². The molecule has 0 atom stereocenters. The van der Waals surface area contributed by atoms with E-state index in [1.165, 1.54) is 28.5 Å². The van der Waals surface area contributed by atoms with Crippen LogP contribution in [0.2, 0.25) is 0 Å². The largest absolute Gasteiger partial charge is 0.325 e. The molecule has 0 aliphatic rings. The molecular weight excluding hydrogens is 428 g/mol. The van der Waals surface area contributed by atoms with Crippen LogP contribution in [0.3, 0.4) is 0 Å². The molecule has 3 aromatic carbocycles. The highest BCUT2D eigenvalue weighted by Crippen LogP contribution is 2.29. The number of hydrogen-bond donors (Lipinski definition) is 1. The zero-order chi connectivity index (χ0) is 23.5. The second-order valence-corrected chi connectivity index (χ2v) is 9.40. The molecule has 1 amide bonds. The van der Waals surface area contributed by atoms with Crippen molar-refractivity contribution >= 4 is 23.4 Å². The summed E-state index contributed by atoms with van der Waals surface area (Å²) in [5.41, 5.74) is 8.52. The maximum Gasteiger partial charge on any atom is 0.234 e. The van der Waals surface area contributed by atoms with E-state index in [9.17, 15) is 4.79 Å². The summed E-state index contributed by atoms with van der Waals surface area (Å²) < 4.78 is 2.02. The zero-order valence-corrected chi connectivity index (χ0v) is 20.5. The standard InChI is InChI=1S/C27H28N4OS/c1-17-6-10-22(11-7-17)26-29-30-27(31(26)23-12-8-18(2)9-13-23)33-16-24(32)28-25-20(4)14-19(3)15-21(25)5/h6-15H,16H2,1-5H3,(H,28,32). The fourth-order valence-corrected chi connectivity index (χ4v) is 4.61. The van der Waals surface area contributed by atoms with Crippen molar-refractivity contribution in [2.75, 3.05) is 11.1 Å². The van der Waals surface area contributed by atoms with Crippen molar-refractivity contribution in [2.45, 2.75) is 39.8 Å². The van der Waals surface area contributed by atoms with Crippen LogP contribution < -0.4 is 5.32 Å². The molecule has 0 saturated heterocycles. The molecule has 6 heteroatoms. The summed E-state index contributed by atoms with van der Waals surface area (Å²) in [5.74, 6) is 0.933. The van der Waals surface area contributed by atoms with Crippen molar-refractivity contribution in [3.63, 3.8) is 0 Å². The Morgan fingerprint density at radius 1 is 0.818 bits per heavy atom. The lowest BCUT2D eigenvalue weighted by atomic mass is 10.1. The maximum atomic E-state index is 12.8. The molecule has 0 unspecified atom stereocenters. The van der Waals surface area contributed by atoms with Crippen LogP contribution in [0.4, 0.5) is 5.69 Å². The smallest absolute Gasteiger partial charge is 0.234 e. The van der Waals surface area contributed by atoms with Gasteiger partial charge >= 0.3 is 0 Å². The van der Waals surface area contributed by atoms with Crippen LogP contribution in [0.25, 0.3) is 17.1 Å². The lowest BCUT2D eigenvalue weighted by molar-refractivity contribution is -0.113. The third-order valence-electron chi connectivity index (χ3n) is 5.51. The van der Waals surface area contributed by atoms with Crippen molar-refractivity contribution in [3.8, 4) is 17.1 Å². The Morgan fingerprint density at radius 2 is 1.39 bits per heavy atom. The van der Waals surface area contributed by atoms with Crippen molar-refractivity contribution in [1.29, 1.82) is 0 Å². The van der Waals surface area contributed by atoms with Crippen molar-refractivity contribution in [3.05, 3.63) is 88.5 Å². The van der Waals surface area contributed by atoms with E-state index >= 15 is 0 Å². The van der Waals surface area contributed by atoms with Crippen LogP contribution in [0.1, 0.15) is 27.8 Å². The number of anilines is 1. The van der Waals surface area contributed by atoms with Crippen LogP contribution in [-0.2, 0) is 4.79 Å². The summed E-state index contributed by atoms with van der Waals surface area (Å²) in [7, 11) is 0. The number of carbonyl (C=O) groups excluding carboxylic acids is 1. The summed E-state index contributed by atoms with van der Waals surface area (Å²) >= 11 is 1.38. The molecule has 168 valence electrons. The van der Waals surface area contributed by atoms with E-state index in [1.807, 2.05) is 30.5 Å². The number of amides is 1. The Kier molecular flexibility index (Phi) is 6.65. The number of rotatable bonds is 6. The van der Waals surface area contributed by atoms with Crippen LogP contribution >= 0.6 is 11.8 Å². The molecule has 0 saturated carbocycles. The van der Waals surface area contributed by atoms with Crippen molar-refractivity contribution in [1.82, 2.24) is 14.8 Å². The quantitative estimate of drug-likeness (QED) is 0.351. The molecule has 0 bridgehead atoms. The van der Waals surface area contributed by atoms with E-state index in [0.29, 0.717) is 5.16 Å². The summed E-state index contributed by atoms with van der Waals surface area (Å²) in [4.78, 5) is 12.8. The number of aryl methyl sites for hydroxylation is 5. The average molecular weight is 457 g/mol. The number of thioether (sulfide) groups is 1. The van der Waals surface area contributed by atoms with Crippen LogP contribution in [-0.4, -0.2) is 26.4 Å². The number of aromatic nitrogens is 3. The first-order valence-electron chi connectivity index (χ1n) is 10.9. The summed E-state index contributed by atoms with van der Waals surface area (Å²) in [6.07, 6.45) is 0. The highest BCUT2D eigenvalue weighted by molar-refractivity contribution is 7.99. The fraction of sp³-hybridized carbons (Fsp3) is 0.222. The molecule has 0 aliphatic heterocycles. The number of carbonyl (C=O) groups is 1. The van der Waals surface area contributed by atoms with Gasteiger partial charge in [-0.25, -0.2) is 0 Å². The second-order valence-electron chi connectivity index (χ2n) is 8.45. The van der Waals surface area contributed by atoms with E-state index < -0.39 is 0 Å². The number of benzene rings is 3. The van der Waals surface area contributed by atoms with E-state index in [0.717, 1.165) is 33.9 Å². The van der Waals surface area contributed by atoms with Gasteiger partial charge < -0.3 is 5.32 Å². The molecule has 1 aromatic heterocycles. The zero-order valence-electron chi connectivity index (χ0n) is 19.6. The Hall–Kier alpha value is -3.38. The molecule has 1 N–H and O–H groups in total. The monoisotopic (exact) mass is 456 g/mol. The minimum atomic E-state index is -0.0644. The van der Waals surface area contributed by atoms with Crippen LogP contribution in [0.5, 0.6) is 0 Å². The predicted octanol–water partition coefficient (Wildman–Crippen LogP) is 6.21. The highest BCUT2D eigenvalue weighted by Gasteiger charge is 2.18. The molecule has 4 rings (SSSR count). The number of hydrogen-bond acceptors (Lipinski definition) is 4. The number of nitrogens with zero attached hydrogens (tertiary/aromatic N) is 3. The molecule has 0 radical (unpaired) electrons. The van der Waals surface area contributed by atoms with Gasteiger partial charge in [-0.05, 0) is 57.9 Å². The Labute approximate surface area is 199 Å². The van der Waals surface area contributed by atoms with Gasteiger partial charge in [0.2, 0.25) is 5.91 Å². The Balaban J connectivity index is 1.60. The lowest BCUT2D eigenvalue weighted by Gasteiger charge is -2.13. The van der Waals surface area contributed by atoms with Gasteiger partial charge in [-0.15, -0.1) is 10.2 Å². The van der Waals surface area contributed by atoms with E-state index in [1.54, 1.807) is 0 Å². The Morgan fingerprint density at radius 3 is 2.00 bits per heavy atom. The lowest BCUT2D eigenvalue weighted by Crippen LogP contribution is -2.16. The third-order valence-corrected chi connectivity index (χ3v) is 6.44. The van der Waals surface area contributed by atoms with E-state index in [2.05, 4.69) is 84.8 Å². The first kappa shape index (κ1) is 22.8. The Bertz CT molecular complexity index is 1270. The molecular formula is C27H28N4OS. The fourth-order valence-electron chi connectivity index (χ4n) is 3.86. The van der Waals surface area contributed by atoms with Gasteiger partial charge in [-0.2, -0.15) is 0 Å². The number of nitrogens with one attached hydrogen (secondary N) is 1. The predicted molar refractivity (Wildman–Crippen MR) is 136 cm³/mol. The van der Waals surface area contributed by atoms with Gasteiger partial charge in [0.05, 0.1) is 5.75 Å². The first-order chi connectivity index (χ1) is 15.8. The molecule has 1 heterocycles. The third kappa shape index (κ3) is 5.17. The van der Waals surface area contributed by atoms with E-state index in [4.69, 9.17) is 0 Å². The van der Waals surface area contributed by atoms with Gasteiger partial charge in [-0.3, -0.25) is 9.36 Å². The van der Waals surface area contributed by atoms with Gasteiger partial charge in [-0.1, -0.05) is 77.0 Å². The van der Waals surface area contributed by atoms with E-state index in [-0.39, 0.29) is 11.7 Å². The van der Waals surface area contributed by atoms with Crippen molar-refractivity contribution in [2.24, 2.45) is 0 Å². The topological polar surface area (TPSA) is 59.8 Å². The van der Waals surface area contributed by atoms with Crippen LogP contribution in [0, 0.1) is 34.6 Å². The summed E-state index contributed by atoms with van der Waals surface area (Å²) in [5, 5.41) is 12.7. The summed E-state index contributed by atoms with van der Waals surface area (Å²) in [6.45, 7) is 10.2. The first-order valence-corrected chi connectivity index (χ1v) is 11.9. The molecule has 0 spiro atoms. The molecule has 0 aliphatic carbocycles. The normalized spacial score (nSPS) is 10.9. The molecule has 33 heavy (non-hydrogen) atoms. The minimum Gasteiger partial charge on any atom is -0.325 e. The molecule has 4 aromatic rings. The molecule has 0 fully saturated rings. The average Bonchev–Trinajstić information content (AvgIpc) is 3.20. The maximum absolute atomic E-state index is 12.8. The van der Waals surface area contributed by atoms with Crippen LogP contribution in [0.15, 0.2) is 65.8 Å². The summed E-state index contributed by atoms with van der Waals surface area (Å²) in [6, 6.07) is 20.6. The van der Waals surface area contributed by atoms with Crippen molar-refractivity contribution < 1.29 is 4.79 Å². The van der Waals surface area contributed by atoms with Gasteiger partial charge in [0, 0.05) is 16.9 Å². The second kappa shape index (κ2) is 9.63.